The third kappa shape index (κ3) is 5.38. The Morgan fingerprint density at radius 1 is 1.03 bits per heavy atom. The van der Waals surface area contributed by atoms with Crippen molar-refractivity contribution < 1.29 is 23.9 Å². The Labute approximate surface area is 188 Å². The Morgan fingerprint density at radius 2 is 1.59 bits per heavy atom. The Morgan fingerprint density at radius 3 is 2.12 bits per heavy atom. The van der Waals surface area contributed by atoms with E-state index < -0.39 is 29.7 Å². The van der Waals surface area contributed by atoms with Crippen molar-refractivity contribution in [3.05, 3.63) is 29.8 Å². The maximum Gasteiger partial charge on any atom is 0.410 e. The summed E-state index contributed by atoms with van der Waals surface area (Å²) in [7, 11) is 0. The lowest BCUT2D eigenvalue weighted by Gasteiger charge is -2.35. The van der Waals surface area contributed by atoms with Gasteiger partial charge in [-0.15, -0.1) is 0 Å². The number of hydrogen-bond acceptors (Lipinski definition) is 5. The normalized spacial score (nSPS) is 19.4. The summed E-state index contributed by atoms with van der Waals surface area (Å²) in [6.07, 6.45) is -0.514. The number of carbonyl (C=O) groups excluding carboxylic acids is 4. The first kappa shape index (κ1) is 23.6. The Balaban J connectivity index is 1.55. The molecule has 0 spiro atoms. The Bertz CT molecular complexity index is 883. The van der Waals surface area contributed by atoms with Gasteiger partial charge in [-0.05, 0) is 44.4 Å². The van der Waals surface area contributed by atoms with Crippen LogP contribution in [0.1, 0.15) is 52.5 Å². The van der Waals surface area contributed by atoms with Gasteiger partial charge in [-0.2, -0.15) is 0 Å². The lowest BCUT2D eigenvalue weighted by molar-refractivity contribution is -0.135. The van der Waals surface area contributed by atoms with E-state index in [1.54, 1.807) is 42.7 Å². The smallest absolute Gasteiger partial charge is 0.410 e. The Kier molecular flexibility index (Phi) is 6.76. The topological polar surface area (TPSA) is 99.3 Å². The molecule has 1 N–H and O–H groups in total. The van der Waals surface area contributed by atoms with Crippen LogP contribution in [0.4, 0.5) is 15.3 Å². The van der Waals surface area contributed by atoms with Gasteiger partial charge in [-0.1, -0.05) is 26.0 Å². The minimum atomic E-state index is -0.899. The molecule has 2 fully saturated rings. The van der Waals surface area contributed by atoms with Crippen molar-refractivity contribution in [2.24, 2.45) is 0 Å². The zero-order valence-electron chi connectivity index (χ0n) is 19.4. The van der Waals surface area contributed by atoms with Crippen LogP contribution in [-0.2, 0) is 14.3 Å². The van der Waals surface area contributed by atoms with E-state index in [4.69, 9.17) is 4.74 Å². The summed E-state index contributed by atoms with van der Waals surface area (Å²) in [5.74, 6) is -0.328. The molecule has 0 radical (unpaired) electrons. The van der Waals surface area contributed by atoms with Crippen LogP contribution < -0.4 is 10.2 Å². The number of nitrogens with one attached hydrogen (secondary N) is 1. The first-order valence-corrected chi connectivity index (χ1v) is 11.0. The molecule has 0 aromatic heterocycles. The minimum Gasteiger partial charge on any atom is -0.444 e. The van der Waals surface area contributed by atoms with E-state index >= 15 is 0 Å². The third-order valence-corrected chi connectivity index (χ3v) is 5.50. The minimum absolute atomic E-state index is 0.114. The van der Waals surface area contributed by atoms with Gasteiger partial charge < -0.3 is 19.9 Å². The Hall–Kier alpha value is -3.10. The third-order valence-electron chi connectivity index (χ3n) is 5.50. The molecule has 0 bridgehead atoms. The highest BCUT2D eigenvalue weighted by molar-refractivity contribution is 6.22. The average molecular weight is 445 g/mol. The number of nitrogens with zero attached hydrogens (tertiary/aromatic N) is 3. The summed E-state index contributed by atoms with van der Waals surface area (Å²) in [4.78, 5) is 54.4. The summed E-state index contributed by atoms with van der Waals surface area (Å²) in [6.45, 7) is 11.0. The zero-order valence-corrected chi connectivity index (χ0v) is 19.4. The van der Waals surface area contributed by atoms with Gasteiger partial charge in [0.2, 0.25) is 5.91 Å². The van der Waals surface area contributed by atoms with Crippen molar-refractivity contribution >= 4 is 29.6 Å². The quantitative estimate of drug-likeness (QED) is 0.720. The van der Waals surface area contributed by atoms with Crippen LogP contribution >= 0.6 is 0 Å². The highest BCUT2D eigenvalue weighted by Crippen LogP contribution is 2.24. The predicted molar refractivity (Wildman–Crippen MR) is 119 cm³/mol. The molecule has 1 atom stereocenters. The molecule has 2 heterocycles. The largest absolute Gasteiger partial charge is 0.444 e. The maximum atomic E-state index is 12.8. The second-order valence-corrected chi connectivity index (χ2v) is 9.47. The number of benzene rings is 1. The second-order valence-electron chi connectivity index (χ2n) is 9.47. The van der Waals surface area contributed by atoms with Crippen molar-refractivity contribution in [3.8, 4) is 0 Å². The molecule has 1 aromatic rings. The van der Waals surface area contributed by atoms with Crippen LogP contribution in [0.15, 0.2) is 24.3 Å². The highest BCUT2D eigenvalue weighted by atomic mass is 16.6. The number of urea groups is 1. The molecule has 0 unspecified atom stereocenters. The molecule has 0 aliphatic carbocycles. The number of carbonyl (C=O) groups is 4. The molecule has 174 valence electrons. The summed E-state index contributed by atoms with van der Waals surface area (Å²) >= 11 is 0. The molecule has 2 saturated heterocycles. The zero-order chi connectivity index (χ0) is 23.6. The van der Waals surface area contributed by atoms with E-state index in [1.807, 2.05) is 12.1 Å². The number of imide groups is 1. The maximum absolute atomic E-state index is 12.8. The monoisotopic (exact) mass is 444 g/mol. The lowest BCUT2D eigenvalue weighted by atomic mass is 10.0. The van der Waals surface area contributed by atoms with Crippen molar-refractivity contribution in [1.29, 1.82) is 0 Å². The van der Waals surface area contributed by atoms with Crippen LogP contribution in [0.25, 0.3) is 0 Å². The van der Waals surface area contributed by atoms with Gasteiger partial charge in [0.1, 0.15) is 11.6 Å². The van der Waals surface area contributed by atoms with Gasteiger partial charge in [0.05, 0.1) is 12.1 Å². The summed E-state index contributed by atoms with van der Waals surface area (Å²) in [5, 5.41) is 2.62. The molecular weight excluding hydrogens is 412 g/mol. The molecule has 2 aliphatic rings. The van der Waals surface area contributed by atoms with Crippen LogP contribution in [0.5, 0.6) is 0 Å². The van der Waals surface area contributed by atoms with Crippen LogP contribution in [-0.4, -0.2) is 71.6 Å². The molecule has 9 nitrogen and oxygen atoms in total. The van der Waals surface area contributed by atoms with Gasteiger partial charge in [0.25, 0.3) is 5.91 Å². The first-order chi connectivity index (χ1) is 15.0. The second kappa shape index (κ2) is 9.18. The van der Waals surface area contributed by atoms with Crippen molar-refractivity contribution in [3.63, 3.8) is 0 Å². The van der Waals surface area contributed by atoms with Crippen molar-refractivity contribution in [2.45, 2.75) is 58.6 Å². The van der Waals surface area contributed by atoms with E-state index in [2.05, 4.69) is 19.2 Å². The van der Waals surface area contributed by atoms with Gasteiger partial charge in [-0.3, -0.25) is 9.59 Å². The molecule has 0 saturated carbocycles. The fourth-order valence-electron chi connectivity index (χ4n) is 3.69. The van der Waals surface area contributed by atoms with Gasteiger partial charge in [-0.25, -0.2) is 14.5 Å². The number of piperazine rings is 1. The number of anilines is 1. The predicted octanol–water partition coefficient (Wildman–Crippen LogP) is 2.70. The molecule has 5 amide bonds. The molecule has 3 rings (SSSR count). The highest BCUT2D eigenvalue weighted by Gasteiger charge is 2.41. The molecular formula is C23H32N4O5. The summed E-state index contributed by atoms with van der Waals surface area (Å²) in [6, 6.07) is 5.84. The SMILES string of the molecule is CC(C)c1ccc(N2C(=O)N[C@@H](CC(=O)N3CCN(C(=O)OC(C)(C)C)CC3)C2=O)cc1. The number of ether oxygens (including phenoxy) is 1. The number of rotatable bonds is 4. The van der Waals surface area contributed by atoms with E-state index in [9.17, 15) is 19.2 Å². The van der Waals surface area contributed by atoms with Crippen molar-refractivity contribution in [2.75, 3.05) is 31.1 Å². The van der Waals surface area contributed by atoms with E-state index in [-0.39, 0.29) is 12.3 Å². The van der Waals surface area contributed by atoms with Crippen molar-refractivity contribution in [1.82, 2.24) is 15.1 Å². The fourth-order valence-corrected chi connectivity index (χ4v) is 3.69. The van der Waals surface area contributed by atoms with Crippen LogP contribution in [0.2, 0.25) is 0 Å². The molecule has 32 heavy (non-hydrogen) atoms. The van der Waals surface area contributed by atoms with E-state index in [0.29, 0.717) is 37.8 Å². The van der Waals surface area contributed by atoms with E-state index in [1.165, 1.54) is 0 Å². The number of hydrogen-bond donors (Lipinski definition) is 1. The summed E-state index contributed by atoms with van der Waals surface area (Å²) < 4.78 is 5.37. The van der Waals surface area contributed by atoms with Gasteiger partial charge >= 0.3 is 12.1 Å². The fraction of sp³-hybridized carbons (Fsp3) is 0.565. The standard InChI is InChI=1S/C23H32N4O5/c1-15(2)16-6-8-17(9-7-16)27-20(29)18(24-21(27)30)14-19(28)25-10-12-26(13-11-25)22(31)32-23(3,4)5/h6-9,15,18H,10-14H2,1-5H3,(H,24,30)/t18-/m0/s1. The number of amides is 5. The lowest BCUT2D eigenvalue weighted by Crippen LogP contribution is -2.52. The van der Waals surface area contributed by atoms with Crippen LogP contribution in [0.3, 0.4) is 0 Å². The first-order valence-electron chi connectivity index (χ1n) is 11.0. The molecule has 1 aromatic carbocycles. The summed E-state index contributed by atoms with van der Waals surface area (Å²) in [5.41, 5.74) is 1.02. The molecule has 9 heteroatoms. The van der Waals surface area contributed by atoms with E-state index in [0.717, 1.165) is 10.5 Å². The van der Waals surface area contributed by atoms with Gasteiger partial charge in [0.15, 0.2) is 0 Å². The van der Waals surface area contributed by atoms with Gasteiger partial charge in [0, 0.05) is 26.2 Å². The average Bonchev–Trinajstić information content (AvgIpc) is 2.99. The van der Waals surface area contributed by atoms with Crippen LogP contribution in [0, 0.1) is 0 Å². The molecule has 2 aliphatic heterocycles.